The van der Waals surface area contributed by atoms with Crippen LogP contribution in [0.3, 0.4) is 0 Å². The summed E-state index contributed by atoms with van der Waals surface area (Å²) in [5, 5.41) is 3.28. The molecule has 6 nitrogen and oxygen atoms in total. The van der Waals surface area contributed by atoms with Crippen molar-refractivity contribution in [2.45, 2.75) is 26.3 Å². The van der Waals surface area contributed by atoms with Gasteiger partial charge in [-0.3, -0.25) is 9.10 Å². The van der Waals surface area contributed by atoms with E-state index in [0.29, 0.717) is 22.1 Å². The number of ether oxygens (including phenoxy) is 1. The van der Waals surface area contributed by atoms with Crippen LogP contribution >= 0.6 is 11.6 Å². The number of amides is 1. The summed E-state index contributed by atoms with van der Waals surface area (Å²) < 4.78 is 31.3. The first-order chi connectivity index (χ1) is 12.7. The van der Waals surface area contributed by atoms with Crippen molar-refractivity contribution in [2.24, 2.45) is 0 Å². The fourth-order valence-corrected chi connectivity index (χ4v) is 4.13. The summed E-state index contributed by atoms with van der Waals surface area (Å²) in [4.78, 5) is 12.9. The number of rotatable bonds is 7. The lowest BCUT2D eigenvalue weighted by molar-refractivity contribution is -0.117. The van der Waals surface area contributed by atoms with Crippen molar-refractivity contribution in [2.75, 3.05) is 23.0 Å². The molecule has 0 radical (unpaired) electrons. The summed E-state index contributed by atoms with van der Waals surface area (Å²) >= 11 is 6.01. The van der Waals surface area contributed by atoms with E-state index in [1.54, 1.807) is 49.4 Å². The summed E-state index contributed by atoms with van der Waals surface area (Å²) in [6.45, 7) is 3.59. The third-order valence-corrected chi connectivity index (χ3v) is 5.51. The monoisotopic (exact) mass is 410 g/mol. The van der Waals surface area contributed by atoms with Crippen molar-refractivity contribution >= 4 is 38.9 Å². The summed E-state index contributed by atoms with van der Waals surface area (Å²) in [7, 11) is -2.22. The van der Waals surface area contributed by atoms with Gasteiger partial charge in [0.15, 0.2) is 0 Å². The Morgan fingerprint density at radius 2 is 1.96 bits per heavy atom. The number of hydrogen-bond donors (Lipinski definition) is 1. The molecule has 0 aliphatic rings. The second-order valence-electron chi connectivity index (χ2n) is 6.13. The first-order valence-corrected chi connectivity index (χ1v) is 10.6. The molecule has 0 heterocycles. The Labute approximate surface area is 165 Å². The van der Waals surface area contributed by atoms with Gasteiger partial charge >= 0.3 is 0 Å². The van der Waals surface area contributed by atoms with E-state index in [1.807, 2.05) is 6.92 Å². The molecule has 1 amide bonds. The lowest BCUT2D eigenvalue weighted by Gasteiger charge is -2.30. The van der Waals surface area contributed by atoms with Gasteiger partial charge in [0.25, 0.3) is 0 Å². The van der Waals surface area contributed by atoms with Gasteiger partial charge in [-0.2, -0.15) is 0 Å². The zero-order chi connectivity index (χ0) is 20.2. The van der Waals surface area contributed by atoms with Crippen LogP contribution in [0.15, 0.2) is 42.5 Å². The minimum atomic E-state index is -3.72. The molecule has 0 aromatic heterocycles. The van der Waals surface area contributed by atoms with Crippen LogP contribution < -0.4 is 14.4 Å². The van der Waals surface area contributed by atoms with Crippen LogP contribution in [0.5, 0.6) is 5.75 Å². The maximum atomic E-state index is 12.9. The second kappa shape index (κ2) is 8.63. The molecule has 0 unspecified atom stereocenters. The highest BCUT2D eigenvalue weighted by Crippen LogP contribution is 2.27. The Morgan fingerprint density at radius 1 is 1.26 bits per heavy atom. The minimum absolute atomic E-state index is 0.287. The molecule has 2 rings (SSSR count). The van der Waals surface area contributed by atoms with E-state index in [1.165, 1.54) is 7.11 Å². The quantitative estimate of drug-likeness (QED) is 0.752. The smallest absolute Gasteiger partial charge is 0.248 e. The number of carbonyl (C=O) groups is 1. The third kappa shape index (κ3) is 5.14. The molecule has 0 saturated carbocycles. The predicted octanol–water partition coefficient (Wildman–Crippen LogP) is 3.84. The number of halogens is 1. The Balaban J connectivity index is 2.42. The molecule has 0 aliphatic heterocycles. The Morgan fingerprint density at radius 3 is 2.56 bits per heavy atom. The summed E-state index contributed by atoms with van der Waals surface area (Å²) in [5.41, 5.74) is 1.74. The number of nitrogens with one attached hydrogen (secondary N) is 1. The zero-order valence-corrected chi connectivity index (χ0v) is 17.3. The number of sulfonamides is 1. The highest BCUT2D eigenvalue weighted by molar-refractivity contribution is 7.92. The van der Waals surface area contributed by atoms with Crippen LogP contribution in [0.2, 0.25) is 5.02 Å². The number of nitrogens with zero attached hydrogens (tertiary/aromatic N) is 1. The van der Waals surface area contributed by atoms with Crippen LogP contribution in [-0.4, -0.2) is 33.7 Å². The van der Waals surface area contributed by atoms with Gasteiger partial charge in [0.05, 0.1) is 19.1 Å². The number of aryl methyl sites for hydroxylation is 1. The van der Waals surface area contributed by atoms with Gasteiger partial charge in [-0.25, -0.2) is 8.42 Å². The van der Waals surface area contributed by atoms with E-state index < -0.39 is 22.0 Å². The van der Waals surface area contributed by atoms with Crippen LogP contribution in [0.25, 0.3) is 0 Å². The van der Waals surface area contributed by atoms with E-state index in [2.05, 4.69) is 5.32 Å². The van der Waals surface area contributed by atoms with Gasteiger partial charge in [0.1, 0.15) is 11.8 Å². The number of carbonyl (C=O) groups excluding carboxylic acids is 1. The van der Waals surface area contributed by atoms with Crippen LogP contribution in [0.4, 0.5) is 11.4 Å². The van der Waals surface area contributed by atoms with Crippen molar-refractivity contribution in [3.8, 4) is 5.75 Å². The molecular weight excluding hydrogens is 388 g/mol. The van der Waals surface area contributed by atoms with Crippen LogP contribution in [-0.2, 0) is 14.8 Å². The molecule has 27 heavy (non-hydrogen) atoms. The molecule has 0 bridgehead atoms. The van der Waals surface area contributed by atoms with Crippen LogP contribution in [0, 0.1) is 6.92 Å². The Hall–Kier alpha value is -2.25. The Kier molecular flexibility index (Phi) is 6.73. The normalized spacial score (nSPS) is 12.3. The molecule has 1 atom stereocenters. The van der Waals surface area contributed by atoms with Crippen molar-refractivity contribution in [3.05, 3.63) is 53.1 Å². The van der Waals surface area contributed by atoms with Gasteiger partial charge in [-0.15, -0.1) is 0 Å². The second-order valence-corrected chi connectivity index (χ2v) is 8.43. The molecule has 0 spiro atoms. The summed E-state index contributed by atoms with van der Waals surface area (Å²) in [6, 6.07) is 10.8. The summed E-state index contributed by atoms with van der Waals surface area (Å²) in [5.74, 6) is 0.0678. The van der Waals surface area contributed by atoms with E-state index in [0.717, 1.165) is 16.1 Å². The van der Waals surface area contributed by atoms with Gasteiger partial charge < -0.3 is 10.1 Å². The van der Waals surface area contributed by atoms with Crippen molar-refractivity contribution in [1.29, 1.82) is 0 Å². The molecule has 0 saturated heterocycles. The highest BCUT2D eigenvalue weighted by Gasteiger charge is 2.32. The van der Waals surface area contributed by atoms with Gasteiger partial charge in [0, 0.05) is 16.8 Å². The molecule has 2 aromatic rings. The number of anilines is 2. The van der Waals surface area contributed by atoms with E-state index in [-0.39, 0.29) is 6.42 Å². The molecule has 0 fully saturated rings. The zero-order valence-electron chi connectivity index (χ0n) is 15.7. The van der Waals surface area contributed by atoms with Crippen molar-refractivity contribution in [3.63, 3.8) is 0 Å². The lowest BCUT2D eigenvalue weighted by Crippen LogP contribution is -2.47. The van der Waals surface area contributed by atoms with Crippen molar-refractivity contribution < 1.29 is 17.9 Å². The van der Waals surface area contributed by atoms with E-state index >= 15 is 0 Å². The first-order valence-electron chi connectivity index (χ1n) is 8.37. The maximum Gasteiger partial charge on any atom is 0.248 e. The molecular formula is C19H23ClN2O4S. The SMILES string of the molecule is CC[C@@H](C(=O)Nc1cc(Cl)ccc1C)N(c1cccc(OC)c1)S(C)(=O)=O. The number of benzene rings is 2. The van der Waals surface area contributed by atoms with Crippen LogP contribution in [0.1, 0.15) is 18.9 Å². The minimum Gasteiger partial charge on any atom is -0.497 e. The number of hydrogen-bond acceptors (Lipinski definition) is 4. The molecule has 146 valence electrons. The largest absolute Gasteiger partial charge is 0.497 e. The predicted molar refractivity (Wildman–Crippen MR) is 109 cm³/mol. The Bertz CT molecular complexity index is 931. The average Bonchev–Trinajstić information content (AvgIpc) is 2.61. The van der Waals surface area contributed by atoms with E-state index in [9.17, 15) is 13.2 Å². The topological polar surface area (TPSA) is 75.7 Å². The molecule has 0 aliphatic carbocycles. The number of methoxy groups -OCH3 is 1. The highest BCUT2D eigenvalue weighted by atomic mass is 35.5. The third-order valence-electron chi connectivity index (χ3n) is 4.10. The van der Waals surface area contributed by atoms with Gasteiger partial charge in [-0.05, 0) is 43.2 Å². The van der Waals surface area contributed by atoms with Gasteiger partial charge in [-0.1, -0.05) is 30.7 Å². The fourth-order valence-electron chi connectivity index (χ4n) is 2.75. The first kappa shape index (κ1) is 21.1. The van der Waals surface area contributed by atoms with Crippen molar-refractivity contribution in [1.82, 2.24) is 0 Å². The summed E-state index contributed by atoms with van der Waals surface area (Å²) in [6.07, 6.45) is 1.36. The average molecular weight is 411 g/mol. The molecule has 2 aromatic carbocycles. The van der Waals surface area contributed by atoms with E-state index in [4.69, 9.17) is 16.3 Å². The lowest BCUT2D eigenvalue weighted by atomic mass is 10.1. The molecule has 1 N–H and O–H groups in total. The van der Waals surface area contributed by atoms with Gasteiger partial charge in [0.2, 0.25) is 15.9 Å². The molecule has 8 heteroatoms. The standard InChI is InChI=1S/C19H23ClN2O4S/c1-5-18(19(23)21-17-11-14(20)10-9-13(17)2)22(27(4,24)25)15-7-6-8-16(12-15)26-3/h6-12,18H,5H2,1-4H3,(H,21,23)/t18-/m0/s1. The maximum absolute atomic E-state index is 12.9. The fraction of sp³-hybridized carbons (Fsp3) is 0.316.